The molecule has 3 rings (SSSR count). The molecule has 0 bridgehead atoms. The van der Waals surface area contributed by atoms with Gasteiger partial charge in [0, 0.05) is 17.8 Å². The Bertz CT molecular complexity index is 783. The van der Waals surface area contributed by atoms with Crippen molar-refractivity contribution < 1.29 is 14.4 Å². The number of aliphatic hydroxyl groups is 1. The van der Waals surface area contributed by atoms with E-state index in [0.29, 0.717) is 23.7 Å². The van der Waals surface area contributed by atoms with Crippen LogP contribution in [0.15, 0.2) is 53.2 Å². The smallest absolute Gasteiger partial charge is 0.258 e. The van der Waals surface area contributed by atoms with Gasteiger partial charge in [0.1, 0.15) is 5.60 Å². The predicted molar refractivity (Wildman–Crippen MR) is 88.4 cm³/mol. The Morgan fingerprint density at radius 2 is 1.96 bits per heavy atom. The SMILES string of the molecule is COc1ccc(-c2noc([C@@](C)(O)CCc3ccccc3)n2)cn1. The van der Waals surface area contributed by atoms with Crippen molar-refractivity contribution in [3.8, 4) is 17.3 Å². The Labute approximate surface area is 140 Å². The number of benzene rings is 1. The number of rotatable bonds is 6. The number of ether oxygens (including phenoxy) is 1. The fraction of sp³-hybridized carbons (Fsp3) is 0.278. The molecule has 0 aliphatic carbocycles. The average Bonchev–Trinajstić information content (AvgIpc) is 3.12. The number of pyridine rings is 1. The zero-order valence-electron chi connectivity index (χ0n) is 13.6. The van der Waals surface area contributed by atoms with Gasteiger partial charge in [-0.25, -0.2) is 4.98 Å². The van der Waals surface area contributed by atoms with E-state index in [0.717, 1.165) is 12.0 Å². The second kappa shape index (κ2) is 6.80. The predicted octanol–water partition coefficient (Wildman–Crippen LogP) is 2.98. The number of hydrogen-bond donors (Lipinski definition) is 1. The first-order valence-corrected chi connectivity index (χ1v) is 7.69. The summed E-state index contributed by atoms with van der Waals surface area (Å²) in [5.74, 6) is 1.10. The molecule has 0 unspecified atom stereocenters. The number of methoxy groups -OCH3 is 1. The quantitative estimate of drug-likeness (QED) is 0.750. The summed E-state index contributed by atoms with van der Waals surface area (Å²) in [5.41, 5.74) is 0.655. The highest BCUT2D eigenvalue weighted by molar-refractivity contribution is 5.53. The summed E-state index contributed by atoms with van der Waals surface area (Å²) in [5, 5.41) is 14.6. The summed E-state index contributed by atoms with van der Waals surface area (Å²) in [6, 6.07) is 13.5. The molecule has 0 amide bonds. The van der Waals surface area contributed by atoms with Crippen molar-refractivity contribution in [3.05, 3.63) is 60.1 Å². The molecule has 2 aromatic heterocycles. The van der Waals surface area contributed by atoms with Crippen LogP contribution in [0.1, 0.15) is 24.8 Å². The number of hydrogen-bond acceptors (Lipinski definition) is 6. The molecule has 24 heavy (non-hydrogen) atoms. The molecule has 1 N–H and O–H groups in total. The molecule has 0 spiro atoms. The molecule has 0 saturated carbocycles. The lowest BCUT2D eigenvalue weighted by molar-refractivity contribution is 0.0147. The van der Waals surface area contributed by atoms with Gasteiger partial charge in [-0.05, 0) is 31.4 Å². The van der Waals surface area contributed by atoms with Crippen molar-refractivity contribution in [1.29, 1.82) is 0 Å². The molecular formula is C18H19N3O3. The molecule has 0 aliphatic heterocycles. The van der Waals surface area contributed by atoms with E-state index in [1.165, 1.54) is 0 Å². The first kappa shape index (κ1) is 16.1. The van der Waals surface area contributed by atoms with Crippen molar-refractivity contribution in [3.63, 3.8) is 0 Å². The Morgan fingerprint density at radius 3 is 2.62 bits per heavy atom. The van der Waals surface area contributed by atoms with Gasteiger partial charge < -0.3 is 14.4 Å². The normalized spacial score (nSPS) is 13.5. The van der Waals surface area contributed by atoms with E-state index in [1.54, 1.807) is 32.4 Å². The topological polar surface area (TPSA) is 81.3 Å². The van der Waals surface area contributed by atoms with Crippen LogP contribution in [0.3, 0.4) is 0 Å². The summed E-state index contributed by atoms with van der Waals surface area (Å²) in [4.78, 5) is 8.43. The van der Waals surface area contributed by atoms with Crippen molar-refractivity contribution in [2.75, 3.05) is 7.11 Å². The van der Waals surface area contributed by atoms with E-state index < -0.39 is 5.60 Å². The van der Waals surface area contributed by atoms with Crippen LogP contribution >= 0.6 is 0 Å². The van der Waals surface area contributed by atoms with Gasteiger partial charge in [-0.1, -0.05) is 35.5 Å². The molecule has 0 radical (unpaired) electrons. The zero-order valence-corrected chi connectivity index (χ0v) is 13.6. The van der Waals surface area contributed by atoms with Crippen LogP contribution in [0.5, 0.6) is 5.88 Å². The Morgan fingerprint density at radius 1 is 1.17 bits per heavy atom. The third kappa shape index (κ3) is 3.60. The summed E-state index contributed by atoms with van der Waals surface area (Å²) in [6.45, 7) is 1.68. The molecule has 2 heterocycles. The molecule has 1 aromatic carbocycles. The fourth-order valence-corrected chi connectivity index (χ4v) is 2.33. The monoisotopic (exact) mass is 325 g/mol. The first-order valence-electron chi connectivity index (χ1n) is 7.69. The molecule has 124 valence electrons. The standard InChI is InChI=1S/C18H19N3O3/c1-18(22,11-10-13-6-4-3-5-7-13)17-20-16(21-24-17)14-8-9-15(23-2)19-12-14/h3-9,12,22H,10-11H2,1-2H3/t18-/m0/s1. The van der Waals surface area contributed by atoms with Crippen molar-refractivity contribution >= 4 is 0 Å². The van der Waals surface area contributed by atoms with E-state index in [9.17, 15) is 5.11 Å². The second-order valence-corrected chi connectivity index (χ2v) is 5.77. The number of nitrogens with zero attached hydrogens (tertiary/aromatic N) is 3. The third-order valence-corrected chi connectivity index (χ3v) is 3.83. The van der Waals surface area contributed by atoms with E-state index in [-0.39, 0.29) is 5.89 Å². The zero-order chi connectivity index (χ0) is 17.0. The van der Waals surface area contributed by atoms with Crippen LogP contribution in [0.2, 0.25) is 0 Å². The minimum Gasteiger partial charge on any atom is -0.481 e. The highest BCUT2D eigenvalue weighted by atomic mass is 16.5. The van der Waals surface area contributed by atoms with Crippen molar-refractivity contribution in [1.82, 2.24) is 15.1 Å². The van der Waals surface area contributed by atoms with E-state index in [4.69, 9.17) is 9.26 Å². The lowest BCUT2D eigenvalue weighted by Gasteiger charge is -2.18. The van der Waals surface area contributed by atoms with E-state index in [1.807, 2.05) is 30.3 Å². The lowest BCUT2D eigenvalue weighted by Crippen LogP contribution is -2.22. The van der Waals surface area contributed by atoms with E-state index >= 15 is 0 Å². The largest absolute Gasteiger partial charge is 0.481 e. The highest BCUT2D eigenvalue weighted by Gasteiger charge is 2.30. The molecule has 1 atom stereocenters. The van der Waals surface area contributed by atoms with Gasteiger partial charge in [0.2, 0.25) is 11.7 Å². The Hall–Kier alpha value is -2.73. The summed E-state index contributed by atoms with van der Waals surface area (Å²) >= 11 is 0. The van der Waals surface area contributed by atoms with Gasteiger partial charge in [-0.2, -0.15) is 4.98 Å². The Kier molecular flexibility index (Phi) is 4.57. The first-order chi connectivity index (χ1) is 11.6. The van der Waals surface area contributed by atoms with Crippen LogP contribution in [0, 0.1) is 0 Å². The maximum atomic E-state index is 10.7. The van der Waals surface area contributed by atoms with Gasteiger partial charge in [-0.3, -0.25) is 0 Å². The number of aromatic nitrogens is 3. The van der Waals surface area contributed by atoms with Gasteiger partial charge >= 0.3 is 0 Å². The second-order valence-electron chi connectivity index (χ2n) is 5.77. The minimum absolute atomic E-state index is 0.198. The third-order valence-electron chi connectivity index (χ3n) is 3.83. The summed E-state index contributed by atoms with van der Waals surface area (Å²) < 4.78 is 10.3. The van der Waals surface area contributed by atoms with Gasteiger partial charge in [-0.15, -0.1) is 0 Å². The van der Waals surface area contributed by atoms with Crippen LogP contribution in [0.25, 0.3) is 11.4 Å². The highest BCUT2D eigenvalue weighted by Crippen LogP contribution is 2.27. The molecule has 0 saturated heterocycles. The fourth-order valence-electron chi connectivity index (χ4n) is 2.33. The molecule has 0 aliphatic rings. The van der Waals surface area contributed by atoms with E-state index in [2.05, 4.69) is 15.1 Å². The average molecular weight is 325 g/mol. The minimum atomic E-state index is -1.19. The van der Waals surface area contributed by atoms with Crippen LogP contribution in [0.4, 0.5) is 0 Å². The molecule has 6 nitrogen and oxygen atoms in total. The van der Waals surface area contributed by atoms with Crippen LogP contribution < -0.4 is 4.74 Å². The molecule has 0 fully saturated rings. The maximum absolute atomic E-state index is 10.7. The summed E-state index contributed by atoms with van der Waals surface area (Å²) in [6.07, 6.45) is 2.81. The number of aryl methyl sites for hydroxylation is 1. The van der Waals surface area contributed by atoms with Gasteiger partial charge in [0.05, 0.1) is 7.11 Å². The van der Waals surface area contributed by atoms with Gasteiger partial charge in [0.25, 0.3) is 5.89 Å². The van der Waals surface area contributed by atoms with Gasteiger partial charge in [0.15, 0.2) is 0 Å². The molecule has 3 aromatic rings. The van der Waals surface area contributed by atoms with Crippen LogP contribution in [-0.2, 0) is 12.0 Å². The lowest BCUT2D eigenvalue weighted by atomic mass is 9.97. The van der Waals surface area contributed by atoms with Crippen molar-refractivity contribution in [2.45, 2.75) is 25.4 Å². The molecular weight excluding hydrogens is 306 g/mol. The molecule has 6 heteroatoms. The maximum Gasteiger partial charge on any atom is 0.258 e. The van der Waals surface area contributed by atoms with Crippen molar-refractivity contribution in [2.24, 2.45) is 0 Å². The summed E-state index contributed by atoms with van der Waals surface area (Å²) in [7, 11) is 1.55. The van der Waals surface area contributed by atoms with Crippen LogP contribution in [-0.4, -0.2) is 27.3 Å². The Balaban J connectivity index is 1.73.